The van der Waals surface area contributed by atoms with Crippen LogP contribution in [0, 0.1) is 12.8 Å². The van der Waals surface area contributed by atoms with E-state index in [9.17, 15) is 9.59 Å². The van der Waals surface area contributed by atoms with E-state index >= 15 is 0 Å². The van der Waals surface area contributed by atoms with Gasteiger partial charge >= 0.3 is 0 Å². The molecule has 0 heterocycles. The van der Waals surface area contributed by atoms with Gasteiger partial charge in [-0.25, -0.2) is 0 Å². The number of rotatable bonds is 5. The number of carbonyl (C=O) groups is 2. The number of carbonyl (C=O) groups excluding carboxylic acids is 2. The fraction of sp³-hybridized carbons (Fsp3) is 0.417. The quantitative estimate of drug-likeness (QED) is 0.501. The minimum Gasteiger partial charge on any atom is -0.299 e. The first-order valence-corrected chi connectivity index (χ1v) is 10.7. The minimum absolute atomic E-state index is 0.0392. The average molecular weight is 427 g/mol. The van der Waals surface area contributed by atoms with Crippen LogP contribution in [0.25, 0.3) is 0 Å². The predicted octanol–water partition coefficient (Wildman–Crippen LogP) is 6.65. The van der Waals surface area contributed by atoms with E-state index in [1.165, 1.54) is 12.0 Å². The molecule has 2 nitrogen and oxygen atoms in total. The van der Waals surface area contributed by atoms with E-state index in [0.29, 0.717) is 24.2 Å². The molecule has 0 spiro atoms. The maximum Gasteiger partial charge on any atom is 0.163 e. The summed E-state index contributed by atoms with van der Waals surface area (Å²) in [6.07, 6.45) is 6.31. The van der Waals surface area contributed by atoms with Crippen molar-refractivity contribution in [2.24, 2.45) is 5.92 Å². The van der Waals surface area contributed by atoms with Crippen LogP contribution in [0.4, 0.5) is 0 Å². The summed E-state index contributed by atoms with van der Waals surface area (Å²) in [6.45, 7) is 2.06. The summed E-state index contributed by atoms with van der Waals surface area (Å²) in [5, 5.41) is 0. The van der Waals surface area contributed by atoms with Gasteiger partial charge in [-0.3, -0.25) is 9.59 Å². The molecule has 2 aromatic rings. The Kier molecular flexibility index (Phi) is 7.01. The van der Waals surface area contributed by atoms with Gasteiger partial charge in [0.05, 0.1) is 0 Å². The Balaban J connectivity index is 1.90. The van der Waals surface area contributed by atoms with Crippen molar-refractivity contribution in [3.8, 4) is 0 Å². The van der Waals surface area contributed by atoms with Gasteiger partial charge in [-0.2, -0.15) is 0 Å². The fourth-order valence-corrected chi connectivity index (χ4v) is 4.47. The minimum atomic E-state index is -0.0518. The summed E-state index contributed by atoms with van der Waals surface area (Å²) in [5.74, 6) is 0.353. The third-order valence-corrected chi connectivity index (χ3v) is 6.14. The summed E-state index contributed by atoms with van der Waals surface area (Å²) < 4.78 is 0.905. The lowest BCUT2D eigenvalue weighted by molar-refractivity contribution is -0.124. The van der Waals surface area contributed by atoms with Crippen molar-refractivity contribution in [2.45, 2.75) is 57.8 Å². The molecule has 1 aliphatic rings. The number of halogens is 1. The molecule has 0 saturated heterocycles. The first kappa shape index (κ1) is 20.0. The zero-order valence-corrected chi connectivity index (χ0v) is 17.5. The van der Waals surface area contributed by atoms with Crippen molar-refractivity contribution in [3.63, 3.8) is 0 Å². The molecular weight excluding hydrogens is 400 g/mol. The normalized spacial score (nSPS) is 19.2. The highest BCUT2D eigenvalue weighted by Gasteiger charge is 2.31. The maximum atomic E-state index is 13.0. The molecule has 0 amide bonds. The molecule has 1 fully saturated rings. The topological polar surface area (TPSA) is 34.1 Å². The average Bonchev–Trinajstić information content (AvgIpc) is 2.64. The third-order valence-electron chi connectivity index (χ3n) is 5.64. The molecule has 0 radical (unpaired) electrons. The number of ketones is 2. The number of hydrogen-bond acceptors (Lipinski definition) is 2. The van der Waals surface area contributed by atoms with Gasteiger partial charge in [0.1, 0.15) is 5.78 Å². The molecular formula is C24H27BrO2. The lowest BCUT2D eigenvalue weighted by Crippen LogP contribution is -2.26. The van der Waals surface area contributed by atoms with Gasteiger partial charge in [-0.05, 0) is 37.5 Å². The Morgan fingerprint density at radius 3 is 2.56 bits per heavy atom. The van der Waals surface area contributed by atoms with Crippen LogP contribution in [0.15, 0.2) is 53.0 Å². The van der Waals surface area contributed by atoms with Crippen LogP contribution in [-0.4, -0.2) is 11.6 Å². The van der Waals surface area contributed by atoms with Gasteiger partial charge in [0, 0.05) is 34.7 Å². The van der Waals surface area contributed by atoms with Gasteiger partial charge in [0.15, 0.2) is 5.78 Å². The Labute approximate surface area is 170 Å². The van der Waals surface area contributed by atoms with Crippen molar-refractivity contribution < 1.29 is 9.59 Å². The molecule has 27 heavy (non-hydrogen) atoms. The van der Waals surface area contributed by atoms with Gasteiger partial charge in [0.2, 0.25) is 0 Å². The van der Waals surface area contributed by atoms with E-state index in [2.05, 4.69) is 47.1 Å². The Bertz CT molecular complexity index is 794. The Morgan fingerprint density at radius 1 is 1.07 bits per heavy atom. The zero-order chi connectivity index (χ0) is 19.2. The molecule has 1 saturated carbocycles. The van der Waals surface area contributed by atoms with E-state index in [1.807, 2.05) is 24.3 Å². The molecule has 2 aromatic carbocycles. The van der Waals surface area contributed by atoms with Crippen LogP contribution in [0.5, 0.6) is 0 Å². The molecule has 3 heteroatoms. The highest BCUT2D eigenvalue weighted by molar-refractivity contribution is 9.10. The summed E-state index contributed by atoms with van der Waals surface area (Å²) in [7, 11) is 0. The lowest BCUT2D eigenvalue weighted by atomic mass is 9.75. The first-order valence-electron chi connectivity index (χ1n) is 9.92. The molecule has 0 bridgehead atoms. The first-order chi connectivity index (χ1) is 13.0. The van der Waals surface area contributed by atoms with Crippen LogP contribution < -0.4 is 0 Å². The number of benzene rings is 2. The molecule has 142 valence electrons. The van der Waals surface area contributed by atoms with Crippen LogP contribution in [-0.2, 0) is 4.79 Å². The van der Waals surface area contributed by atoms with Crippen molar-refractivity contribution in [1.82, 2.24) is 0 Å². The number of aryl methyl sites for hydroxylation is 1. The van der Waals surface area contributed by atoms with Gasteiger partial charge in [0.25, 0.3) is 0 Å². The van der Waals surface area contributed by atoms with E-state index in [4.69, 9.17) is 0 Å². The highest BCUT2D eigenvalue weighted by Crippen LogP contribution is 2.36. The molecule has 0 N–H and O–H groups in total. The molecule has 2 atom stereocenters. The van der Waals surface area contributed by atoms with E-state index in [0.717, 1.165) is 35.7 Å². The van der Waals surface area contributed by atoms with E-state index in [1.54, 1.807) is 0 Å². The largest absolute Gasteiger partial charge is 0.299 e. The fourth-order valence-electron chi connectivity index (χ4n) is 4.07. The molecule has 0 aromatic heterocycles. The second-order valence-corrected chi connectivity index (χ2v) is 8.60. The van der Waals surface area contributed by atoms with E-state index < -0.39 is 0 Å². The van der Waals surface area contributed by atoms with Gasteiger partial charge < -0.3 is 0 Å². The van der Waals surface area contributed by atoms with Crippen molar-refractivity contribution in [2.75, 3.05) is 0 Å². The van der Waals surface area contributed by atoms with Gasteiger partial charge in [-0.1, -0.05) is 77.2 Å². The molecule has 0 aliphatic heterocycles. The van der Waals surface area contributed by atoms with E-state index in [-0.39, 0.29) is 17.6 Å². The predicted molar refractivity (Wildman–Crippen MR) is 113 cm³/mol. The zero-order valence-electron chi connectivity index (χ0n) is 15.9. The Morgan fingerprint density at radius 2 is 1.81 bits per heavy atom. The smallest absolute Gasteiger partial charge is 0.163 e. The van der Waals surface area contributed by atoms with Crippen LogP contribution >= 0.6 is 15.9 Å². The van der Waals surface area contributed by atoms with Gasteiger partial charge in [-0.15, -0.1) is 0 Å². The standard InChI is InChI=1S/C24H27BrO2/c1-17-11-13-18(14-12-17)22(21-9-4-2-3-5-10-23(21)26)16-24(27)19-7-6-8-20(25)15-19/h6-8,11-15,21-22H,2-5,9-10,16H2,1H3/t21-,22-/m1/s1. The summed E-state index contributed by atoms with van der Waals surface area (Å²) in [6, 6.07) is 15.9. The number of Topliss-reactive ketones (excluding diaryl/α,β-unsaturated/α-hetero) is 2. The molecule has 3 rings (SSSR count). The monoisotopic (exact) mass is 426 g/mol. The molecule has 1 aliphatic carbocycles. The second kappa shape index (κ2) is 9.45. The second-order valence-electron chi connectivity index (χ2n) is 7.68. The van der Waals surface area contributed by atoms with Crippen LogP contribution in [0.1, 0.15) is 72.3 Å². The third kappa shape index (κ3) is 5.38. The highest BCUT2D eigenvalue weighted by atomic mass is 79.9. The summed E-state index contributed by atoms with van der Waals surface area (Å²) in [4.78, 5) is 25.9. The Hall–Kier alpha value is -1.74. The van der Waals surface area contributed by atoms with Crippen LogP contribution in [0.2, 0.25) is 0 Å². The summed E-state index contributed by atoms with van der Waals surface area (Å²) in [5.41, 5.74) is 3.02. The lowest BCUT2D eigenvalue weighted by Gasteiger charge is -2.28. The van der Waals surface area contributed by atoms with Crippen molar-refractivity contribution >= 4 is 27.5 Å². The number of hydrogen-bond donors (Lipinski definition) is 0. The van der Waals surface area contributed by atoms with Crippen LogP contribution in [0.3, 0.4) is 0 Å². The summed E-state index contributed by atoms with van der Waals surface area (Å²) >= 11 is 3.45. The SMILES string of the molecule is Cc1ccc([C@@H](CC(=O)c2cccc(Br)c2)[C@H]2CCCCCCC2=O)cc1. The van der Waals surface area contributed by atoms with Crippen molar-refractivity contribution in [1.29, 1.82) is 0 Å². The maximum absolute atomic E-state index is 13.0. The molecule has 0 unspecified atom stereocenters. The van der Waals surface area contributed by atoms with Crippen molar-refractivity contribution in [3.05, 3.63) is 69.7 Å².